The van der Waals surface area contributed by atoms with Crippen LogP contribution in [0.25, 0.3) is 0 Å². The van der Waals surface area contributed by atoms with Gasteiger partial charge >= 0.3 is 5.97 Å². The largest absolute Gasteiger partial charge is 0.462 e. The summed E-state index contributed by atoms with van der Waals surface area (Å²) in [6.45, 7) is 8.23. The van der Waals surface area contributed by atoms with Crippen molar-refractivity contribution in [2.24, 2.45) is 5.92 Å². The Labute approximate surface area is 93.7 Å². The van der Waals surface area contributed by atoms with Crippen LogP contribution in [-0.4, -0.2) is 12.6 Å². The quantitative estimate of drug-likeness (QED) is 0.331. The number of hydrogen-bond donors (Lipinski definition) is 0. The Morgan fingerprint density at radius 2 is 2.00 bits per heavy atom. The number of carbonyl (C=O) groups is 1. The van der Waals surface area contributed by atoms with Crippen LogP contribution in [0, 0.1) is 5.92 Å². The van der Waals surface area contributed by atoms with Crippen LogP contribution in [0.5, 0.6) is 0 Å². The van der Waals surface area contributed by atoms with E-state index >= 15 is 0 Å². The molecule has 15 heavy (non-hydrogen) atoms. The number of ether oxygens (including phenoxy) is 1. The molecule has 0 aliphatic heterocycles. The standard InChI is InChI=1S/C13H24O2/c1-4-6-7-8-9-10-12(3)11-15-13(14)5-2/h5,12H,2,4,6-11H2,1,3H3. The highest BCUT2D eigenvalue weighted by Gasteiger charge is 2.04. The van der Waals surface area contributed by atoms with Gasteiger partial charge in [0, 0.05) is 6.08 Å². The van der Waals surface area contributed by atoms with Gasteiger partial charge in [0.2, 0.25) is 0 Å². The zero-order chi connectivity index (χ0) is 11.5. The van der Waals surface area contributed by atoms with Gasteiger partial charge < -0.3 is 4.74 Å². The highest BCUT2D eigenvalue weighted by atomic mass is 16.5. The van der Waals surface area contributed by atoms with Crippen molar-refractivity contribution < 1.29 is 9.53 Å². The summed E-state index contributed by atoms with van der Waals surface area (Å²) >= 11 is 0. The predicted molar refractivity (Wildman–Crippen MR) is 63.7 cm³/mol. The Balaban J connectivity index is 3.29. The van der Waals surface area contributed by atoms with Crippen LogP contribution in [0.2, 0.25) is 0 Å². The molecule has 1 unspecified atom stereocenters. The van der Waals surface area contributed by atoms with E-state index in [4.69, 9.17) is 4.74 Å². The molecule has 0 radical (unpaired) electrons. The van der Waals surface area contributed by atoms with E-state index in [1.807, 2.05) is 0 Å². The van der Waals surface area contributed by atoms with Crippen molar-refractivity contribution in [3.8, 4) is 0 Å². The molecule has 0 fully saturated rings. The molecule has 1 atom stereocenters. The summed E-state index contributed by atoms with van der Waals surface area (Å²) in [6, 6.07) is 0. The van der Waals surface area contributed by atoms with Crippen LogP contribution in [0.4, 0.5) is 0 Å². The molecule has 0 aromatic carbocycles. The molecule has 0 aliphatic rings. The molecule has 0 aromatic rings. The second kappa shape index (κ2) is 9.75. The molecule has 0 heterocycles. The fraction of sp³-hybridized carbons (Fsp3) is 0.769. The molecule has 0 rings (SSSR count). The lowest BCUT2D eigenvalue weighted by atomic mass is 10.0. The second-order valence-electron chi connectivity index (χ2n) is 4.14. The normalized spacial score (nSPS) is 12.1. The molecule has 0 spiro atoms. The van der Waals surface area contributed by atoms with E-state index in [1.54, 1.807) is 0 Å². The maximum Gasteiger partial charge on any atom is 0.330 e. The molecule has 0 saturated heterocycles. The number of esters is 1. The Hall–Kier alpha value is -0.790. The van der Waals surface area contributed by atoms with Gasteiger partial charge in [0.1, 0.15) is 0 Å². The van der Waals surface area contributed by atoms with E-state index in [-0.39, 0.29) is 5.97 Å². The first-order chi connectivity index (χ1) is 7.20. The van der Waals surface area contributed by atoms with E-state index in [2.05, 4.69) is 20.4 Å². The minimum Gasteiger partial charge on any atom is -0.462 e. The van der Waals surface area contributed by atoms with Gasteiger partial charge in [-0.1, -0.05) is 52.5 Å². The summed E-state index contributed by atoms with van der Waals surface area (Å²) < 4.78 is 4.97. The summed E-state index contributed by atoms with van der Waals surface area (Å²) in [6.07, 6.45) is 8.85. The minimum atomic E-state index is -0.312. The van der Waals surface area contributed by atoms with Crippen molar-refractivity contribution in [2.45, 2.75) is 52.4 Å². The SMILES string of the molecule is C=CC(=O)OCC(C)CCCCCCC. The lowest BCUT2D eigenvalue weighted by molar-refractivity contribution is -0.138. The highest BCUT2D eigenvalue weighted by Crippen LogP contribution is 2.11. The topological polar surface area (TPSA) is 26.3 Å². The van der Waals surface area contributed by atoms with Crippen molar-refractivity contribution in [3.63, 3.8) is 0 Å². The summed E-state index contributed by atoms with van der Waals surface area (Å²) in [4.78, 5) is 10.8. The highest BCUT2D eigenvalue weighted by molar-refractivity contribution is 5.81. The molecule has 0 bridgehead atoms. The molecule has 2 nitrogen and oxygen atoms in total. The summed E-state index contributed by atoms with van der Waals surface area (Å²) in [5.41, 5.74) is 0. The van der Waals surface area contributed by atoms with Crippen LogP contribution in [0.15, 0.2) is 12.7 Å². The van der Waals surface area contributed by atoms with Crippen molar-refractivity contribution >= 4 is 5.97 Å². The Morgan fingerprint density at radius 1 is 1.33 bits per heavy atom. The maximum absolute atomic E-state index is 10.8. The maximum atomic E-state index is 10.8. The third kappa shape index (κ3) is 9.51. The van der Waals surface area contributed by atoms with Crippen LogP contribution >= 0.6 is 0 Å². The molecule has 88 valence electrons. The monoisotopic (exact) mass is 212 g/mol. The first-order valence-corrected chi connectivity index (χ1v) is 5.99. The number of carbonyl (C=O) groups excluding carboxylic acids is 1. The molecular weight excluding hydrogens is 188 g/mol. The fourth-order valence-electron chi connectivity index (χ4n) is 1.46. The van der Waals surface area contributed by atoms with E-state index in [0.29, 0.717) is 12.5 Å². The van der Waals surface area contributed by atoms with Gasteiger partial charge in [-0.2, -0.15) is 0 Å². The van der Waals surface area contributed by atoms with Crippen LogP contribution in [0.1, 0.15) is 52.4 Å². The van der Waals surface area contributed by atoms with Gasteiger partial charge in [-0.3, -0.25) is 0 Å². The summed E-state index contributed by atoms with van der Waals surface area (Å²) in [5, 5.41) is 0. The van der Waals surface area contributed by atoms with Gasteiger partial charge in [-0.25, -0.2) is 4.79 Å². The molecular formula is C13H24O2. The first-order valence-electron chi connectivity index (χ1n) is 5.99. The van der Waals surface area contributed by atoms with Gasteiger partial charge in [0.05, 0.1) is 6.61 Å². The molecule has 0 N–H and O–H groups in total. The van der Waals surface area contributed by atoms with Crippen LogP contribution in [-0.2, 0) is 9.53 Å². The summed E-state index contributed by atoms with van der Waals surface area (Å²) in [7, 11) is 0. The number of hydrogen-bond acceptors (Lipinski definition) is 2. The minimum absolute atomic E-state index is 0.312. The van der Waals surface area contributed by atoms with Gasteiger partial charge in [-0.15, -0.1) is 0 Å². The molecule has 0 amide bonds. The molecule has 2 heteroatoms. The Bertz CT molecular complexity index is 175. The zero-order valence-electron chi connectivity index (χ0n) is 10.1. The van der Waals surface area contributed by atoms with Gasteiger partial charge in [0.15, 0.2) is 0 Å². The van der Waals surface area contributed by atoms with E-state index in [9.17, 15) is 4.79 Å². The third-order valence-electron chi connectivity index (χ3n) is 2.48. The number of unbranched alkanes of at least 4 members (excludes halogenated alkanes) is 4. The summed E-state index contributed by atoms with van der Waals surface area (Å²) in [5.74, 6) is 0.156. The average molecular weight is 212 g/mol. The van der Waals surface area contributed by atoms with Crippen molar-refractivity contribution in [1.82, 2.24) is 0 Å². The van der Waals surface area contributed by atoms with Gasteiger partial charge in [0.25, 0.3) is 0 Å². The van der Waals surface area contributed by atoms with Crippen molar-refractivity contribution in [3.05, 3.63) is 12.7 Å². The fourth-order valence-corrected chi connectivity index (χ4v) is 1.46. The molecule has 0 aromatic heterocycles. The van der Waals surface area contributed by atoms with E-state index in [0.717, 1.165) is 6.42 Å². The van der Waals surface area contributed by atoms with Crippen LogP contribution < -0.4 is 0 Å². The second-order valence-corrected chi connectivity index (χ2v) is 4.14. The number of rotatable bonds is 9. The first kappa shape index (κ1) is 14.2. The predicted octanol–water partition coefficient (Wildman–Crippen LogP) is 3.71. The molecule has 0 aliphatic carbocycles. The lowest BCUT2D eigenvalue weighted by Gasteiger charge is -2.10. The third-order valence-corrected chi connectivity index (χ3v) is 2.48. The smallest absolute Gasteiger partial charge is 0.330 e. The van der Waals surface area contributed by atoms with Crippen molar-refractivity contribution in [2.75, 3.05) is 6.61 Å². The Kier molecular flexibility index (Phi) is 9.24. The average Bonchev–Trinajstić information content (AvgIpc) is 2.25. The Morgan fingerprint density at radius 3 is 2.60 bits per heavy atom. The van der Waals surface area contributed by atoms with Gasteiger partial charge in [-0.05, 0) is 12.3 Å². The van der Waals surface area contributed by atoms with E-state index < -0.39 is 0 Å². The van der Waals surface area contributed by atoms with E-state index in [1.165, 1.54) is 38.2 Å². The lowest BCUT2D eigenvalue weighted by Crippen LogP contribution is -2.09. The molecule has 0 saturated carbocycles. The zero-order valence-corrected chi connectivity index (χ0v) is 10.1. The van der Waals surface area contributed by atoms with Crippen molar-refractivity contribution in [1.29, 1.82) is 0 Å². The van der Waals surface area contributed by atoms with Crippen LogP contribution in [0.3, 0.4) is 0 Å².